The number of hydrogen-bond acceptors (Lipinski definition) is 2. The second kappa shape index (κ2) is 3.83. The van der Waals surface area contributed by atoms with Crippen molar-refractivity contribution in [1.29, 1.82) is 0 Å². The van der Waals surface area contributed by atoms with Gasteiger partial charge in [0.15, 0.2) is 0 Å². The molecule has 2 aromatic rings. The molecule has 0 saturated carbocycles. The molecule has 15 heavy (non-hydrogen) atoms. The molecule has 1 aromatic heterocycles. The highest BCUT2D eigenvalue weighted by molar-refractivity contribution is 6.31. The molecule has 0 spiro atoms. The predicted molar refractivity (Wildman–Crippen MR) is 63.2 cm³/mol. The summed E-state index contributed by atoms with van der Waals surface area (Å²) in [5.41, 5.74) is 1.95. The number of aromatic nitrogens is 2. The van der Waals surface area contributed by atoms with Crippen molar-refractivity contribution in [2.24, 2.45) is 0 Å². The van der Waals surface area contributed by atoms with Gasteiger partial charge in [-0.3, -0.25) is 4.90 Å². The minimum atomic E-state index is 0.274. The second-order valence-corrected chi connectivity index (χ2v) is 4.36. The summed E-state index contributed by atoms with van der Waals surface area (Å²) >= 11 is 5.91. The van der Waals surface area contributed by atoms with E-state index in [0.29, 0.717) is 0 Å². The molecule has 2 rings (SSSR count). The molecule has 1 aromatic carbocycles. The lowest BCUT2D eigenvalue weighted by Gasteiger charge is -2.16. The van der Waals surface area contributed by atoms with Crippen LogP contribution in [0.2, 0.25) is 5.02 Å². The Labute approximate surface area is 94.1 Å². The number of imidazole rings is 1. The number of rotatable bonds is 2. The fourth-order valence-electron chi connectivity index (χ4n) is 1.44. The minimum Gasteiger partial charge on any atom is -0.341 e. The van der Waals surface area contributed by atoms with Crippen molar-refractivity contribution in [3.05, 3.63) is 29.0 Å². The van der Waals surface area contributed by atoms with E-state index >= 15 is 0 Å². The predicted octanol–water partition coefficient (Wildman–Crippen LogP) is 2.84. The highest BCUT2D eigenvalue weighted by Gasteiger charge is 2.12. The van der Waals surface area contributed by atoms with Crippen LogP contribution in [0.25, 0.3) is 11.0 Å². The summed E-state index contributed by atoms with van der Waals surface area (Å²) < 4.78 is 0. The molecule has 1 heterocycles. The topological polar surface area (TPSA) is 31.9 Å². The Hall–Kier alpha value is -1.06. The quantitative estimate of drug-likeness (QED) is 0.849. The van der Waals surface area contributed by atoms with Crippen molar-refractivity contribution >= 4 is 22.6 Å². The van der Waals surface area contributed by atoms with Crippen molar-refractivity contribution < 1.29 is 0 Å². The largest absolute Gasteiger partial charge is 0.341 e. The molecule has 80 valence electrons. The van der Waals surface area contributed by atoms with Gasteiger partial charge in [0.1, 0.15) is 5.82 Å². The minimum absolute atomic E-state index is 0.274. The van der Waals surface area contributed by atoms with Gasteiger partial charge in [-0.1, -0.05) is 11.6 Å². The number of aromatic amines is 1. The van der Waals surface area contributed by atoms with Crippen molar-refractivity contribution in [2.45, 2.75) is 13.0 Å². The van der Waals surface area contributed by atoms with E-state index in [1.165, 1.54) is 0 Å². The Balaban J connectivity index is 2.47. The van der Waals surface area contributed by atoms with Gasteiger partial charge in [-0.05, 0) is 39.2 Å². The summed E-state index contributed by atoms with van der Waals surface area (Å²) in [6.45, 7) is 2.11. The number of fused-ring (bicyclic) bond motifs is 1. The van der Waals surface area contributed by atoms with Crippen molar-refractivity contribution in [3.63, 3.8) is 0 Å². The molecule has 1 N–H and O–H groups in total. The molecule has 0 saturated heterocycles. The highest BCUT2D eigenvalue weighted by atomic mass is 35.5. The Bertz CT molecular complexity index is 476. The molecule has 4 heteroatoms. The summed E-state index contributed by atoms with van der Waals surface area (Å²) in [5.74, 6) is 0.970. The number of nitrogens with one attached hydrogen (secondary N) is 1. The molecule has 0 aliphatic rings. The van der Waals surface area contributed by atoms with E-state index in [9.17, 15) is 0 Å². The summed E-state index contributed by atoms with van der Waals surface area (Å²) in [4.78, 5) is 9.91. The van der Waals surface area contributed by atoms with E-state index in [1.807, 2.05) is 32.3 Å². The lowest BCUT2D eigenvalue weighted by molar-refractivity contribution is 0.310. The molecule has 1 atom stereocenters. The molecular formula is C11H14ClN3. The van der Waals surface area contributed by atoms with Crippen LogP contribution >= 0.6 is 11.6 Å². The van der Waals surface area contributed by atoms with Gasteiger partial charge in [0, 0.05) is 5.02 Å². The van der Waals surface area contributed by atoms with Crippen LogP contribution in [0.15, 0.2) is 18.2 Å². The third kappa shape index (κ3) is 1.98. The maximum atomic E-state index is 5.91. The first kappa shape index (κ1) is 10.5. The van der Waals surface area contributed by atoms with Gasteiger partial charge >= 0.3 is 0 Å². The first-order chi connectivity index (χ1) is 7.08. The average molecular weight is 224 g/mol. The maximum Gasteiger partial charge on any atom is 0.124 e. The molecule has 0 fully saturated rings. The average Bonchev–Trinajstić information content (AvgIpc) is 2.58. The van der Waals surface area contributed by atoms with Crippen LogP contribution in [0.1, 0.15) is 18.8 Å². The summed E-state index contributed by atoms with van der Waals surface area (Å²) in [7, 11) is 4.07. The van der Waals surface area contributed by atoms with Crippen LogP contribution in [-0.4, -0.2) is 29.0 Å². The zero-order valence-electron chi connectivity index (χ0n) is 9.08. The molecule has 0 aliphatic carbocycles. The van der Waals surface area contributed by atoms with Gasteiger partial charge in [-0.2, -0.15) is 0 Å². The van der Waals surface area contributed by atoms with Gasteiger partial charge < -0.3 is 4.98 Å². The van der Waals surface area contributed by atoms with E-state index in [4.69, 9.17) is 11.6 Å². The van der Waals surface area contributed by atoms with Crippen LogP contribution < -0.4 is 0 Å². The number of benzene rings is 1. The fraction of sp³-hybridized carbons (Fsp3) is 0.364. The maximum absolute atomic E-state index is 5.91. The number of nitrogens with zero attached hydrogens (tertiary/aromatic N) is 2. The van der Waals surface area contributed by atoms with Crippen LogP contribution in [0.3, 0.4) is 0 Å². The summed E-state index contributed by atoms with van der Waals surface area (Å²) in [6, 6.07) is 5.96. The number of H-pyrrole nitrogens is 1. The number of halogens is 1. The van der Waals surface area contributed by atoms with E-state index in [2.05, 4.69) is 21.8 Å². The highest BCUT2D eigenvalue weighted by Crippen LogP contribution is 2.21. The third-order valence-electron chi connectivity index (χ3n) is 2.63. The molecular weight excluding hydrogens is 210 g/mol. The third-order valence-corrected chi connectivity index (χ3v) is 2.87. The first-order valence-electron chi connectivity index (χ1n) is 4.89. The van der Waals surface area contributed by atoms with E-state index in [0.717, 1.165) is 21.9 Å². The summed E-state index contributed by atoms with van der Waals surface area (Å²) in [5, 5.41) is 0.732. The first-order valence-corrected chi connectivity index (χ1v) is 5.27. The van der Waals surface area contributed by atoms with Gasteiger partial charge in [-0.25, -0.2) is 4.98 Å². The van der Waals surface area contributed by atoms with Gasteiger partial charge in [-0.15, -0.1) is 0 Å². The zero-order valence-corrected chi connectivity index (χ0v) is 9.84. The van der Waals surface area contributed by atoms with E-state index < -0.39 is 0 Å². The van der Waals surface area contributed by atoms with Gasteiger partial charge in [0.05, 0.1) is 17.1 Å². The standard InChI is InChI=1S/C11H14ClN3/c1-7(15(2)3)11-13-9-5-4-8(12)6-10(9)14-11/h4-7H,1-3H3,(H,13,14). The van der Waals surface area contributed by atoms with Crippen molar-refractivity contribution in [2.75, 3.05) is 14.1 Å². The Morgan fingerprint density at radius 2 is 2.13 bits per heavy atom. The van der Waals surface area contributed by atoms with E-state index in [-0.39, 0.29) is 6.04 Å². The molecule has 1 unspecified atom stereocenters. The SMILES string of the molecule is CC(c1nc2ccc(Cl)cc2[nH]1)N(C)C. The Morgan fingerprint density at radius 1 is 1.40 bits per heavy atom. The van der Waals surface area contributed by atoms with Crippen molar-refractivity contribution in [3.8, 4) is 0 Å². The van der Waals surface area contributed by atoms with E-state index in [1.54, 1.807) is 0 Å². The lowest BCUT2D eigenvalue weighted by Crippen LogP contribution is -2.17. The molecule has 0 radical (unpaired) electrons. The van der Waals surface area contributed by atoms with Crippen molar-refractivity contribution in [1.82, 2.24) is 14.9 Å². The second-order valence-electron chi connectivity index (χ2n) is 3.92. The fourth-order valence-corrected chi connectivity index (χ4v) is 1.62. The van der Waals surface area contributed by atoms with Crippen LogP contribution in [-0.2, 0) is 0 Å². The van der Waals surface area contributed by atoms with Crippen LogP contribution in [0, 0.1) is 0 Å². The van der Waals surface area contributed by atoms with Gasteiger partial charge in [0.2, 0.25) is 0 Å². The van der Waals surface area contributed by atoms with Crippen LogP contribution in [0.5, 0.6) is 0 Å². The summed E-state index contributed by atoms with van der Waals surface area (Å²) in [6.07, 6.45) is 0. The lowest BCUT2D eigenvalue weighted by atomic mass is 10.3. The number of hydrogen-bond donors (Lipinski definition) is 1. The molecule has 0 aliphatic heterocycles. The normalized spacial score (nSPS) is 13.7. The Kier molecular flexibility index (Phi) is 2.67. The molecule has 0 amide bonds. The Morgan fingerprint density at radius 3 is 2.80 bits per heavy atom. The molecule has 3 nitrogen and oxygen atoms in total. The van der Waals surface area contributed by atoms with Gasteiger partial charge in [0.25, 0.3) is 0 Å². The van der Waals surface area contributed by atoms with Crippen LogP contribution in [0.4, 0.5) is 0 Å². The smallest absolute Gasteiger partial charge is 0.124 e. The monoisotopic (exact) mass is 223 g/mol. The molecule has 0 bridgehead atoms. The zero-order chi connectivity index (χ0) is 11.0.